The molecule has 8 nitrogen and oxygen atoms in total. The molecule has 136 valence electrons. The van der Waals surface area contributed by atoms with E-state index in [1.54, 1.807) is 11.3 Å². The van der Waals surface area contributed by atoms with E-state index in [0.717, 1.165) is 15.8 Å². The minimum atomic E-state index is -0.683. The highest BCUT2D eigenvalue weighted by atomic mass is 32.1. The molecule has 1 N–H and O–H groups in total. The van der Waals surface area contributed by atoms with Crippen LogP contribution in [0.1, 0.15) is 9.75 Å². The van der Waals surface area contributed by atoms with E-state index >= 15 is 0 Å². The molecule has 0 fully saturated rings. The number of thiophene rings is 2. The van der Waals surface area contributed by atoms with Gasteiger partial charge in [-0.25, -0.2) is 0 Å². The van der Waals surface area contributed by atoms with E-state index in [1.165, 1.54) is 23.5 Å². The van der Waals surface area contributed by atoms with Crippen LogP contribution in [0.25, 0.3) is 6.08 Å². The molecule has 0 saturated heterocycles. The number of hydrazone groups is 1. The molecule has 0 bridgehead atoms. The zero-order chi connectivity index (χ0) is 19.2. The van der Waals surface area contributed by atoms with Crippen LogP contribution in [0, 0.1) is 20.2 Å². The molecule has 0 aliphatic heterocycles. The lowest BCUT2D eigenvalue weighted by molar-refractivity contribution is -0.393. The topological polar surface area (TPSA) is 111 Å². The van der Waals surface area contributed by atoms with Crippen molar-refractivity contribution in [2.45, 2.75) is 0 Å². The molecule has 2 aromatic heterocycles. The van der Waals surface area contributed by atoms with Crippen LogP contribution in [0.2, 0.25) is 0 Å². The lowest BCUT2D eigenvalue weighted by Crippen LogP contribution is -2.02. The quantitative estimate of drug-likeness (QED) is 0.335. The van der Waals surface area contributed by atoms with Gasteiger partial charge in [0.05, 0.1) is 20.8 Å². The first-order chi connectivity index (χ1) is 13.0. The second-order valence-electron chi connectivity index (χ2n) is 5.15. The van der Waals surface area contributed by atoms with Crippen molar-refractivity contribution in [3.8, 4) is 0 Å². The molecule has 1 aromatic carbocycles. The SMILES string of the molecule is O=[N+]([O-])c1ccc(NN=C(/C=C\c2cccs2)c2cccs2)c([N+](=O)[O-])c1. The van der Waals surface area contributed by atoms with Gasteiger partial charge in [-0.3, -0.25) is 25.7 Å². The van der Waals surface area contributed by atoms with Crippen LogP contribution in [0.5, 0.6) is 0 Å². The van der Waals surface area contributed by atoms with Crippen LogP contribution in [-0.2, 0) is 0 Å². The fourth-order valence-corrected chi connectivity index (χ4v) is 3.46. The third kappa shape index (κ3) is 4.63. The third-order valence-electron chi connectivity index (χ3n) is 3.41. The lowest BCUT2D eigenvalue weighted by Gasteiger charge is -2.04. The van der Waals surface area contributed by atoms with Gasteiger partial charge >= 0.3 is 5.69 Å². The van der Waals surface area contributed by atoms with Crippen molar-refractivity contribution in [3.05, 3.63) is 89.3 Å². The molecular formula is C17H12N4O4S2. The number of nitrogens with zero attached hydrogens (tertiary/aromatic N) is 3. The summed E-state index contributed by atoms with van der Waals surface area (Å²) < 4.78 is 0. The van der Waals surface area contributed by atoms with Gasteiger partial charge in [-0.05, 0) is 41.1 Å². The van der Waals surface area contributed by atoms with E-state index in [-0.39, 0.29) is 11.4 Å². The van der Waals surface area contributed by atoms with Gasteiger partial charge in [0.1, 0.15) is 11.4 Å². The van der Waals surface area contributed by atoms with Gasteiger partial charge < -0.3 is 0 Å². The Morgan fingerprint density at radius 1 is 1.04 bits per heavy atom. The molecule has 0 aliphatic rings. The minimum Gasteiger partial charge on any atom is -0.271 e. The van der Waals surface area contributed by atoms with Crippen molar-refractivity contribution in [1.29, 1.82) is 0 Å². The van der Waals surface area contributed by atoms with E-state index in [2.05, 4.69) is 10.5 Å². The Bertz CT molecular complexity index is 1010. The normalized spacial score (nSPS) is 11.6. The molecule has 27 heavy (non-hydrogen) atoms. The van der Waals surface area contributed by atoms with Crippen molar-refractivity contribution in [2.24, 2.45) is 5.10 Å². The molecule has 0 amide bonds. The second kappa shape index (κ2) is 8.34. The first-order valence-electron chi connectivity index (χ1n) is 7.56. The zero-order valence-corrected chi connectivity index (χ0v) is 15.3. The number of rotatable bonds is 7. The number of hydrogen-bond donors (Lipinski definition) is 1. The fourth-order valence-electron chi connectivity index (χ4n) is 2.15. The van der Waals surface area contributed by atoms with Gasteiger partial charge in [-0.1, -0.05) is 12.1 Å². The molecule has 0 aliphatic carbocycles. The van der Waals surface area contributed by atoms with Gasteiger partial charge in [-0.2, -0.15) is 5.10 Å². The van der Waals surface area contributed by atoms with Crippen LogP contribution in [0.15, 0.2) is 64.4 Å². The van der Waals surface area contributed by atoms with Gasteiger partial charge in [-0.15, -0.1) is 22.7 Å². The molecule has 0 saturated carbocycles. The maximum atomic E-state index is 11.2. The van der Waals surface area contributed by atoms with Crippen molar-refractivity contribution in [3.63, 3.8) is 0 Å². The Kier molecular flexibility index (Phi) is 5.69. The highest BCUT2D eigenvalue weighted by Crippen LogP contribution is 2.29. The highest BCUT2D eigenvalue weighted by molar-refractivity contribution is 7.12. The van der Waals surface area contributed by atoms with E-state index in [1.807, 2.05) is 47.2 Å². The Morgan fingerprint density at radius 2 is 1.81 bits per heavy atom. The van der Waals surface area contributed by atoms with Crippen molar-refractivity contribution in [2.75, 3.05) is 5.43 Å². The van der Waals surface area contributed by atoms with E-state index < -0.39 is 15.5 Å². The summed E-state index contributed by atoms with van der Waals surface area (Å²) in [5, 5.41) is 30.2. The predicted molar refractivity (Wildman–Crippen MR) is 108 cm³/mol. The summed E-state index contributed by atoms with van der Waals surface area (Å²) in [6.07, 6.45) is 3.71. The maximum absolute atomic E-state index is 11.2. The summed E-state index contributed by atoms with van der Waals surface area (Å²) in [6, 6.07) is 11.0. The van der Waals surface area contributed by atoms with E-state index in [0.29, 0.717) is 5.71 Å². The standard InChI is InChI=1S/C17H12N4O4S2/c22-20(23)12-5-7-14(16(11-12)21(24)25)18-19-15(17-4-2-10-27-17)8-6-13-3-1-9-26-13/h1-11,18H/b8-6-,19-15?. The second-order valence-corrected chi connectivity index (χ2v) is 7.08. The van der Waals surface area contributed by atoms with Crippen molar-refractivity contribution < 1.29 is 9.85 Å². The van der Waals surface area contributed by atoms with E-state index in [4.69, 9.17) is 0 Å². The zero-order valence-electron chi connectivity index (χ0n) is 13.6. The number of nitro benzene ring substituents is 2. The number of allylic oxidation sites excluding steroid dienone is 1. The lowest BCUT2D eigenvalue weighted by atomic mass is 10.2. The third-order valence-corrected chi connectivity index (χ3v) is 5.14. The number of nitrogens with one attached hydrogen (secondary N) is 1. The molecule has 0 spiro atoms. The van der Waals surface area contributed by atoms with Crippen LogP contribution < -0.4 is 5.43 Å². The number of benzene rings is 1. The molecule has 2 heterocycles. The van der Waals surface area contributed by atoms with Crippen LogP contribution in [-0.4, -0.2) is 15.6 Å². The van der Waals surface area contributed by atoms with Crippen molar-refractivity contribution >= 4 is 51.5 Å². The fraction of sp³-hybridized carbons (Fsp3) is 0. The molecule has 0 radical (unpaired) electrons. The Balaban J connectivity index is 1.92. The minimum absolute atomic E-state index is 0.0733. The van der Waals surface area contributed by atoms with Crippen molar-refractivity contribution in [1.82, 2.24) is 0 Å². The largest absolute Gasteiger partial charge is 0.301 e. The first-order valence-corrected chi connectivity index (χ1v) is 9.32. The molecular weight excluding hydrogens is 388 g/mol. The summed E-state index contributed by atoms with van der Waals surface area (Å²) in [6.45, 7) is 0. The predicted octanol–water partition coefficient (Wildman–Crippen LogP) is 5.16. The summed E-state index contributed by atoms with van der Waals surface area (Å²) in [5.41, 5.74) is 2.55. The van der Waals surface area contributed by atoms with Gasteiger partial charge in [0, 0.05) is 10.9 Å². The average Bonchev–Trinajstić information content (AvgIpc) is 3.35. The summed E-state index contributed by atoms with van der Waals surface area (Å²) in [7, 11) is 0. The van der Waals surface area contributed by atoms with Gasteiger partial charge in [0.15, 0.2) is 0 Å². The number of nitro groups is 2. The summed E-state index contributed by atoms with van der Waals surface area (Å²) in [4.78, 5) is 22.6. The molecule has 0 atom stereocenters. The number of hydrogen-bond acceptors (Lipinski definition) is 8. The van der Waals surface area contributed by atoms with E-state index in [9.17, 15) is 20.2 Å². The maximum Gasteiger partial charge on any atom is 0.301 e. The number of non-ortho nitro benzene ring substituents is 1. The number of anilines is 1. The average molecular weight is 400 g/mol. The van der Waals surface area contributed by atoms with Crippen LogP contribution in [0.3, 0.4) is 0 Å². The molecule has 0 unspecified atom stereocenters. The monoisotopic (exact) mass is 400 g/mol. The van der Waals surface area contributed by atoms with Crippen LogP contribution in [0.4, 0.5) is 17.1 Å². The molecule has 3 rings (SSSR count). The summed E-state index contributed by atoms with van der Waals surface area (Å²) in [5.74, 6) is 0. The molecule has 3 aromatic rings. The van der Waals surface area contributed by atoms with Gasteiger partial charge in [0.2, 0.25) is 0 Å². The van der Waals surface area contributed by atoms with Crippen LogP contribution >= 0.6 is 22.7 Å². The smallest absolute Gasteiger partial charge is 0.271 e. The Labute approximate surface area is 161 Å². The van der Waals surface area contributed by atoms with Gasteiger partial charge in [0.25, 0.3) is 5.69 Å². The highest BCUT2D eigenvalue weighted by Gasteiger charge is 2.19. The Morgan fingerprint density at radius 3 is 2.44 bits per heavy atom. The Hall–Kier alpha value is -3.37. The molecule has 10 heteroatoms. The first kappa shape index (κ1) is 18.4. The summed E-state index contributed by atoms with van der Waals surface area (Å²) >= 11 is 3.05.